The number of hydrogen-bond acceptors (Lipinski definition) is 5. The van der Waals surface area contributed by atoms with Crippen molar-refractivity contribution in [2.45, 2.75) is 25.3 Å². The molecular formula is C11H14ClN3O2. The summed E-state index contributed by atoms with van der Waals surface area (Å²) >= 11 is 5.72. The third-order valence-electron chi connectivity index (χ3n) is 3.24. The summed E-state index contributed by atoms with van der Waals surface area (Å²) in [6, 6.07) is 0. The van der Waals surface area contributed by atoms with Crippen LogP contribution in [-0.4, -0.2) is 32.3 Å². The zero-order valence-corrected chi connectivity index (χ0v) is 10.3. The van der Waals surface area contributed by atoms with Crippen molar-refractivity contribution in [1.82, 2.24) is 9.97 Å². The Morgan fingerprint density at radius 1 is 1.65 bits per heavy atom. The van der Waals surface area contributed by atoms with Gasteiger partial charge in [-0.1, -0.05) is 6.58 Å². The molecule has 0 spiro atoms. The van der Waals surface area contributed by atoms with Crippen LogP contribution in [0.1, 0.15) is 19.8 Å². The zero-order valence-electron chi connectivity index (χ0n) is 9.52. The summed E-state index contributed by atoms with van der Waals surface area (Å²) in [5.41, 5.74) is -0.616. The number of rotatable bonds is 2. The smallest absolute Gasteiger partial charge is 0.224 e. The van der Waals surface area contributed by atoms with Gasteiger partial charge >= 0.3 is 0 Å². The highest BCUT2D eigenvalue weighted by atomic mass is 35.5. The fourth-order valence-corrected chi connectivity index (χ4v) is 2.28. The second-order valence-electron chi connectivity index (χ2n) is 4.32. The molecule has 0 aromatic carbocycles. The Kier molecular flexibility index (Phi) is 2.87. The minimum absolute atomic E-state index is 0.0521. The van der Waals surface area contributed by atoms with E-state index >= 15 is 0 Å². The quantitative estimate of drug-likeness (QED) is 0.627. The van der Waals surface area contributed by atoms with Crippen LogP contribution in [0.5, 0.6) is 5.75 Å². The Balaban J connectivity index is 2.46. The number of nitrogens with zero attached hydrogens (tertiary/aromatic N) is 3. The van der Waals surface area contributed by atoms with E-state index in [2.05, 4.69) is 16.5 Å². The number of halogens is 1. The molecule has 1 atom stereocenters. The van der Waals surface area contributed by atoms with Gasteiger partial charge in [0.25, 0.3) is 0 Å². The van der Waals surface area contributed by atoms with E-state index in [1.54, 1.807) is 4.90 Å². The van der Waals surface area contributed by atoms with Gasteiger partial charge in [0.2, 0.25) is 5.28 Å². The molecule has 92 valence electrons. The van der Waals surface area contributed by atoms with Gasteiger partial charge in [-0.05, 0) is 31.4 Å². The minimum Gasteiger partial charge on any atom is -0.510 e. The van der Waals surface area contributed by atoms with Gasteiger partial charge in [-0.15, -0.1) is 0 Å². The van der Waals surface area contributed by atoms with Crippen molar-refractivity contribution in [3.05, 3.63) is 23.8 Å². The molecule has 2 heterocycles. The van der Waals surface area contributed by atoms with E-state index in [0.717, 1.165) is 12.8 Å². The Morgan fingerprint density at radius 2 is 2.35 bits per heavy atom. The van der Waals surface area contributed by atoms with E-state index < -0.39 is 5.54 Å². The Labute approximate surface area is 104 Å². The van der Waals surface area contributed by atoms with Crippen molar-refractivity contribution >= 4 is 17.4 Å². The molecule has 2 N–H and O–H groups in total. The molecule has 2 rings (SSSR count). The van der Waals surface area contributed by atoms with Crippen molar-refractivity contribution in [2.24, 2.45) is 0 Å². The standard InChI is InChI=1S/C11H14ClN3O2/c1-7(16)11(2)4-3-5-15(11)9-8(17)6-13-10(12)14-9/h6,16-17H,1,3-5H2,2H3/t11-/m1/s1. The number of aromatic hydroxyl groups is 1. The molecule has 0 radical (unpaired) electrons. The lowest BCUT2D eigenvalue weighted by molar-refractivity contribution is 0.309. The molecule has 6 heteroatoms. The van der Waals surface area contributed by atoms with Gasteiger partial charge in [0, 0.05) is 6.54 Å². The molecular weight excluding hydrogens is 242 g/mol. The average molecular weight is 256 g/mol. The van der Waals surface area contributed by atoms with Crippen LogP contribution < -0.4 is 4.90 Å². The van der Waals surface area contributed by atoms with E-state index in [0.29, 0.717) is 12.4 Å². The Hall–Kier alpha value is -1.49. The first-order valence-corrected chi connectivity index (χ1v) is 5.70. The van der Waals surface area contributed by atoms with Crippen LogP contribution in [0.4, 0.5) is 5.82 Å². The first-order valence-electron chi connectivity index (χ1n) is 5.32. The maximum absolute atomic E-state index is 9.77. The molecule has 1 aromatic rings. The summed E-state index contributed by atoms with van der Waals surface area (Å²) in [6.45, 7) is 6.13. The van der Waals surface area contributed by atoms with Gasteiger partial charge < -0.3 is 15.1 Å². The predicted molar refractivity (Wildman–Crippen MR) is 65.5 cm³/mol. The first kappa shape index (κ1) is 12.0. The maximum atomic E-state index is 9.77. The molecule has 1 aromatic heterocycles. The highest BCUT2D eigenvalue weighted by molar-refractivity contribution is 6.28. The topological polar surface area (TPSA) is 69.5 Å². The van der Waals surface area contributed by atoms with E-state index in [4.69, 9.17) is 11.6 Å². The number of hydrogen-bond donors (Lipinski definition) is 2. The molecule has 1 saturated heterocycles. The molecule has 1 aliphatic rings. The van der Waals surface area contributed by atoms with Gasteiger partial charge in [-0.25, -0.2) is 4.98 Å². The van der Waals surface area contributed by atoms with E-state index in [-0.39, 0.29) is 16.8 Å². The highest BCUT2D eigenvalue weighted by Crippen LogP contribution is 2.40. The molecule has 1 fully saturated rings. The Morgan fingerprint density at radius 3 is 3.00 bits per heavy atom. The monoisotopic (exact) mass is 255 g/mol. The number of anilines is 1. The SMILES string of the molecule is C=C(O)[C@@]1(C)CCCN1c1nc(Cl)ncc1O. The predicted octanol–water partition coefficient (Wildman–Crippen LogP) is 2.27. The van der Waals surface area contributed by atoms with Gasteiger partial charge in [0.1, 0.15) is 5.76 Å². The second kappa shape index (κ2) is 4.07. The number of aliphatic hydroxyl groups is 1. The lowest BCUT2D eigenvalue weighted by Crippen LogP contribution is -2.43. The first-order chi connectivity index (χ1) is 7.95. The van der Waals surface area contributed by atoms with Crippen LogP contribution in [0.2, 0.25) is 5.28 Å². The summed E-state index contributed by atoms with van der Waals surface area (Å²) in [5, 5.41) is 19.5. The van der Waals surface area contributed by atoms with Crippen LogP contribution in [-0.2, 0) is 0 Å². The fraction of sp³-hybridized carbons (Fsp3) is 0.455. The summed E-state index contributed by atoms with van der Waals surface area (Å²) in [4.78, 5) is 9.51. The van der Waals surface area contributed by atoms with Gasteiger partial charge in [0.05, 0.1) is 11.7 Å². The molecule has 0 bridgehead atoms. The van der Waals surface area contributed by atoms with Gasteiger partial charge in [-0.3, -0.25) is 0 Å². The van der Waals surface area contributed by atoms with Crippen molar-refractivity contribution in [3.8, 4) is 5.75 Å². The molecule has 0 saturated carbocycles. The van der Waals surface area contributed by atoms with Crippen LogP contribution in [0.15, 0.2) is 18.5 Å². The molecule has 1 aliphatic heterocycles. The zero-order chi connectivity index (χ0) is 12.6. The largest absolute Gasteiger partial charge is 0.510 e. The molecule has 0 amide bonds. The van der Waals surface area contributed by atoms with Gasteiger partial charge in [-0.2, -0.15) is 4.98 Å². The summed E-state index contributed by atoms with van der Waals surface area (Å²) in [5.74, 6) is 0.341. The van der Waals surface area contributed by atoms with Crippen LogP contribution in [0, 0.1) is 0 Å². The second-order valence-corrected chi connectivity index (χ2v) is 4.66. The fourth-order valence-electron chi connectivity index (χ4n) is 2.15. The minimum atomic E-state index is -0.616. The van der Waals surface area contributed by atoms with Crippen molar-refractivity contribution in [2.75, 3.05) is 11.4 Å². The summed E-state index contributed by atoms with van der Waals surface area (Å²) < 4.78 is 0. The Bertz CT molecular complexity index is 466. The van der Waals surface area contributed by atoms with Crippen LogP contribution >= 0.6 is 11.6 Å². The highest BCUT2D eigenvalue weighted by Gasteiger charge is 2.41. The molecule has 0 aliphatic carbocycles. The lowest BCUT2D eigenvalue weighted by atomic mass is 9.97. The van der Waals surface area contributed by atoms with E-state index in [9.17, 15) is 10.2 Å². The van der Waals surface area contributed by atoms with Crippen molar-refractivity contribution in [1.29, 1.82) is 0 Å². The molecule has 5 nitrogen and oxygen atoms in total. The summed E-state index contributed by atoms with van der Waals surface area (Å²) in [6.07, 6.45) is 2.89. The maximum Gasteiger partial charge on any atom is 0.224 e. The van der Waals surface area contributed by atoms with E-state index in [1.165, 1.54) is 6.20 Å². The van der Waals surface area contributed by atoms with Crippen molar-refractivity contribution < 1.29 is 10.2 Å². The van der Waals surface area contributed by atoms with Crippen LogP contribution in [0.3, 0.4) is 0 Å². The molecule has 0 unspecified atom stereocenters. The third kappa shape index (κ3) is 1.91. The number of aliphatic hydroxyl groups excluding tert-OH is 1. The van der Waals surface area contributed by atoms with Gasteiger partial charge in [0.15, 0.2) is 11.6 Å². The third-order valence-corrected chi connectivity index (χ3v) is 3.42. The number of aromatic nitrogens is 2. The normalized spacial score (nSPS) is 24.0. The average Bonchev–Trinajstić information content (AvgIpc) is 2.65. The lowest BCUT2D eigenvalue weighted by Gasteiger charge is -2.35. The summed E-state index contributed by atoms with van der Waals surface area (Å²) in [7, 11) is 0. The van der Waals surface area contributed by atoms with Crippen LogP contribution in [0.25, 0.3) is 0 Å². The van der Waals surface area contributed by atoms with E-state index in [1.807, 2.05) is 6.92 Å². The van der Waals surface area contributed by atoms with Crippen molar-refractivity contribution in [3.63, 3.8) is 0 Å². The molecule has 17 heavy (non-hydrogen) atoms.